The lowest BCUT2D eigenvalue weighted by Crippen LogP contribution is -1.90. The number of nitrogens with zero attached hydrogens (tertiary/aromatic N) is 3. The Kier molecular flexibility index (Phi) is 2.93. The molecule has 0 fully saturated rings. The van der Waals surface area contributed by atoms with Gasteiger partial charge in [0.05, 0.1) is 12.3 Å². The molecule has 19 heavy (non-hydrogen) atoms. The summed E-state index contributed by atoms with van der Waals surface area (Å²) in [6.45, 7) is -0.249. The fraction of sp³-hybridized carbons (Fsp3) is 0.0769. The molecule has 96 valence electrons. The molecule has 0 radical (unpaired) electrons. The highest BCUT2D eigenvalue weighted by Crippen LogP contribution is 2.29. The summed E-state index contributed by atoms with van der Waals surface area (Å²) in [6, 6.07) is 6.04. The van der Waals surface area contributed by atoms with Gasteiger partial charge in [0.1, 0.15) is 11.3 Å². The van der Waals surface area contributed by atoms with Crippen molar-refractivity contribution in [3.05, 3.63) is 53.2 Å². The normalized spacial score (nSPS) is 11.1. The van der Waals surface area contributed by atoms with E-state index in [4.69, 9.17) is 11.6 Å². The quantitative estimate of drug-likeness (QED) is 0.783. The molecule has 1 aromatic carbocycles. The standard InChI is InChI=1S/C13H9ClFN3O/c14-13-12-10(7-19)11(17-18(12)5-4-16-13)8-2-1-3-9(15)6-8/h1-6,19H,7H2. The second-order valence-electron chi connectivity index (χ2n) is 4.01. The van der Waals surface area contributed by atoms with E-state index in [9.17, 15) is 9.50 Å². The zero-order chi connectivity index (χ0) is 13.4. The van der Waals surface area contributed by atoms with Gasteiger partial charge in [0.2, 0.25) is 0 Å². The summed E-state index contributed by atoms with van der Waals surface area (Å²) in [6.07, 6.45) is 3.14. The lowest BCUT2D eigenvalue weighted by atomic mass is 10.1. The van der Waals surface area contributed by atoms with Gasteiger partial charge in [-0.1, -0.05) is 23.7 Å². The van der Waals surface area contributed by atoms with E-state index < -0.39 is 0 Å². The molecule has 6 heteroatoms. The van der Waals surface area contributed by atoms with E-state index >= 15 is 0 Å². The molecule has 2 aromatic heterocycles. The minimum Gasteiger partial charge on any atom is -0.392 e. The number of fused-ring (bicyclic) bond motifs is 1. The van der Waals surface area contributed by atoms with E-state index in [2.05, 4.69) is 10.1 Å². The molecule has 1 N–H and O–H groups in total. The number of benzene rings is 1. The third-order valence-electron chi connectivity index (χ3n) is 2.86. The third kappa shape index (κ3) is 1.97. The van der Waals surface area contributed by atoms with Crippen molar-refractivity contribution >= 4 is 17.1 Å². The maximum Gasteiger partial charge on any atom is 0.155 e. The maximum atomic E-state index is 13.3. The van der Waals surface area contributed by atoms with Crippen LogP contribution in [0.25, 0.3) is 16.8 Å². The third-order valence-corrected chi connectivity index (χ3v) is 3.13. The first-order chi connectivity index (χ1) is 9.20. The molecular formula is C13H9ClFN3O. The van der Waals surface area contributed by atoms with Crippen LogP contribution in [-0.2, 0) is 6.61 Å². The Morgan fingerprint density at radius 1 is 1.37 bits per heavy atom. The minimum absolute atomic E-state index is 0.249. The van der Waals surface area contributed by atoms with E-state index in [1.165, 1.54) is 22.8 Å². The van der Waals surface area contributed by atoms with Crippen molar-refractivity contribution in [3.8, 4) is 11.3 Å². The first-order valence-electron chi connectivity index (χ1n) is 5.59. The van der Waals surface area contributed by atoms with Crippen LogP contribution in [0, 0.1) is 5.82 Å². The van der Waals surface area contributed by atoms with Gasteiger partial charge in [-0.05, 0) is 12.1 Å². The summed E-state index contributed by atoms with van der Waals surface area (Å²) < 4.78 is 14.8. The van der Waals surface area contributed by atoms with Crippen LogP contribution in [-0.4, -0.2) is 19.7 Å². The molecule has 4 nitrogen and oxygen atoms in total. The van der Waals surface area contributed by atoms with Gasteiger partial charge >= 0.3 is 0 Å². The molecule has 0 saturated heterocycles. The van der Waals surface area contributed by atoms with Crippen molar-refractivity contribution in [2.45, 2.75) is 6.61 Å². The summed E-state index contributed by atoms with van der Waals surface area (Å²) in [5.74, 6) is -0.359. The number of rotatable bonds is 2. The Labute approximate surface area is 113 Å². The topological polar surface area (TPSA) is 50.4 Å². The highest BCUT2D eigenvalue weighted by atomic mass is 35.5. The predicted molar refractivity (Wildman–Crippen MR) is 69.3 cm³/mol. The molecule has 0 saturated carbocycles. The maximum absolute atomic E-state index is 13.3. The van der Waals surface area contributed by atoms with Crippen LogP contribution in [0.3, 0.4) is 0 Å². The average Bonchev–Trinajstić information content (AvgIpc) is 2.78. The van der Waals surface area contributed by atoms with Crippen LogP contribution in [0.1, 0.15) is 5.56 Å². The van der Waals surface area contributed by atoms with Crippen molar-refractivity contribution in [3.63, 3.8) is 0 Å². The Bertz CT molecular complexity index is 757. The summed E-state index contributed by atoms with van der Waals surface area (Å²) in [4.78, 5) is 3.96. The van der Waals surface area contributed by atoms with Crippen LogP contribution in [0.2, 0.25) is 5.15 Å². The lowest BCUT2D eigenvalue weighted by Gasteiger charge is -2.00. The average molecular weight is 278 g/mol. The van der Waals surface area contributed by atoms with E-state index in [0.717, 1.165) is 0 Å². The van der Waals surface area contributed by atoms with Crippen LogP contribution < -0.4 is 0 Å². The van der Waals surface area contributed by atoms with Crippen molar-refractivity contribution in [1.29, 1.82) is 0 Å². The molecule has 2 heterocycles. The summed E-state index contributed by atoms with van der Waals surface area (Å²) in [7, 11) is 0. The SMILES string of the molecule is OCc1c(-c2cccc(F)c2)nn2ccnc(Cl)c12. The Morgan fingerprint density at radius 3 is 2.95 bits per heavy atom. The van der Waals surface area contributed by atoms with Gasteiger partial charge < -0.3 is 5.11 Å². The minimum atomic E-state index is -0.359. The van der Waals surface area contributed by atoms with Gasteiger partial charge in [-0.25, -0.2) is 13.9 Å². The van der Waals surface area contributed by atoms with Crippen molar-refractivity contribution in [1.82, 2.24) is 14.6 Å². The van der Waals surface area contributed by atoms with Gasteiger partial charge in [0, 0.05) is 23.5 Å². The van der Waals surface area contributed by atoms with E-state index in [1.54, 1.807) is 18.3 Å². The monoisotopic (exact) mass is 277 g/mol. The molecule has 3 rings (SSSR count). The molecule has 3 aromatic rings. The fourth-order valence-electron chi connectivity index (χ4n) is 2.04. The molecule has 0 aliphatic heterocycles. The first-order valence-corrected chi connectivity index (χ1v) is 5.97. The molecular weight excluding hydrogens is 269 g/mol. The summed E-state index contributed by atoms with van der Waals surface area (Å²) in [5, 5.41) is 14.1. The Morgan fingerprint density at radius 2 is 2.21 bits per heavy atom. The molecule has 0 atom stereocenters. The molecule has 0 amide bonds. The van der Waals surface area contributed by atoms with Gasteiger partial charge in [-0.15, -0.1) is 0 Å². The first kappa shape index (κ1) is 12.1. The van der Waals surface area contributed by atoms with E-state index in [0.29, 0.717) is 22.3 Å². The fourth-order valence-corrected chi connectivity index (χ4v) is 2.29. The molecule has 0 aliphatic rings. The predicted octanol–water partition coefficient (Wildman–Crippen LogP) is 2.68. The van der Waals surface area contributed by atoms with Crippen molar-refractivity contribution < 1.29 is 9.50 Å². The van der Waals surface area contributed by atoms with E-state index in [-0.39, 0.29) is 17.6 Å². The van der Waals surface area contributed by atoms with Gasteiger partial charge in [-0.2, -0.15) is 5.10 Å². The summed E-state index contributed by atoms with van der Waals surface area (Å²) >= 11 is 6.02. The highest BCUT2D eigenvalue weighted by Gasteiger charge is 2.16. The number of hydrogen-bond donors (Lipinski definition) is 1. The number of hydrogen-bond acceptors (Lipinski definition) is 3. The zero-order valence-electron chi connectivity index (χ0n) is 9.72. The number of aliphatic hydroxyl groups is 1. The van der Waals surface area contributed by atoms with Crippen LogP contribution in [0.15, 0.2) is 36.7 Å². The molecule has 0 unspecified atom stereocenters. The van der Waals surface area contributed by atoms with Crippen LogP contribution in [0.4, 0.5) is 4.39 Å². The molecule has 0 spiro atoms. The lowest BCUT2D eigenvalue weighted by molar-refractivity contribution is 0.284. The highest BCUT2D eigenvalue weighted by molar-refractivity contribution is 6.32. The largest absolute Gasteiger partial charge is 0.392 e. The van der Waals surface area contributed by atoms with Crippen molar-refractivity contribution in [2.75, 3.05) is 0 Å². The van der Waals surface area contributed by atoms with Gasteiger partial charge in [0.25, 0.3) is 0 Å². The smallest absolute Gasteiger partial charge is 0.155 e. The molecule has 0 aliphatic carbocycles. The molecule has 0 bridgehead atoms. The van der Waals surface area contributed by atoms with Crippen LogP contribution >= 0.6 is 11.6 Å². The number of aromatic nitrogens is 3. The Hall–Kier alpha value is -1.98. The van der Waals surface area contributed by atoms with Crippen LogP contribution in [0.5, 0.6) is 0 Å². The second-order valence-corrected chi connectivity index (χ2v) is 4.36. The van der Waals surface area contributed by atoms with Crippen molar-refractivity contribution in [2.24, 2.45) is 0 Å². The Balaban J connectivity index is 2.33. The second kappa shape index (κ2) is 4.60. The number of aliphatic hydroxyl groups excluding tert-OH is 1. The summed E-state index contributed by atoms with van der Waals surface area (Å²) in [5.41, 5.74) is 2.15. The van der Waals surface area contributed by atoms with Gasteiger partial charge in [0.15, 0.2) is 5.15 Å². The van der Waals surface area contributed by atoms with E-state index in [1.807, 2.05) is 0 Å². The van der Waals surface area contributed by atoms with Gasteiger partial charge in [-0.3, -0.25) is 0 Å². The number of halogens is 2. The zero-order valence-corrected chi connectivity index (χ0v) is 10.5.